The summed E-state index contributed by atoms with van der Waals surface area (Å²) >= 11 is 0. The third-order valence-electron chi connectivity index (χ3n) is 5.44. The third-order valence-corrected chi connectivity index (χ3v) is 5.44. The highest BCUT2D eigenvalue weighted by Gasteiger charge is 2.46. The molecule has 1 saturated carbocycles. The van der Waals surface area contributed by atoms with Crippen molar-refractivity contribution in [3.63, 3.8) is 0 Å². The molecule has 2 fully saturated rings. The predicted octanol–water partition coefficient (Wildman–Crippen LogP) is 1.74. The second-order valence-corrected chi connectivity index (χ2v) is 7.63. The highest BCUT2D eigenvalue weighted by Crippen LogP contribution is 2.43. The first-order valence-corrected chi connectivity index (χ1v) is 8.12. The van der Waals surface area contributed by atoms with Crippen LogP contribution >= 0.6 is 0 Å². The minimum absolute atomic E-state index is 0.105. The molecule has 0 radical (unpaired) electrons. The molecule has 1 heterocycles. The number of primary amides is 1. The van der Waals surface area contributed by atoms with Crippen LogP contribution in [0, 0.1) is 11.3 Å². The molecule has 0 aromatic rings. The first kappa shape index (κ1) is 15.8. The highest BCUT2D eigenvalue weighted by atomic mass is 16.1. The van der Waals surface area contributed by atoms with E-state index in [1.54, 1.807) is 0 Å². The van der Waals surface area contributed by atoms with Gasteiger partial charge in [0.05, 0.1) is 0 Å². The van der Waals surface area contributed by atoms with E-state index in [9.17, 15) is 4.79 Å². The number of hydrogen-bond acceptors (Lipinski definition) is 3. The summed E-state index contributed by atoms with van der Waals surface area (Å²) in [5.41, 5.74) is 5.79. The third kappa shape index (κ3) is 3.17. The number of nitrogens with one attached hydrogen (secondary N) is 1. The number of nitrogens with zero attached hydrogens (tertiary/aromatic N) is 1. The van der Waals surface area contributed by atoms with Crippen molar-refractivity contribution in [2.24, 2.45) is 17.1 Å². The molecule has 0 unspecified atom stereocenters. The van der Waals surface area contributed by atoms with Gasteiger partial charge < -0.3 is 11.1 Å². The van der Waals surface area contributed by atoms with Gasteiger partial charge in [-0.2, -0.15) is 0 Å². The van der Waals surface area contributed by atoms with Gasteiger partial charge in [0.15, 0.2) is 0 Å². The summed E-state index contributed by atoms with van der Waals surface area (Å²) in [6.07, 6.45) is 5.22. The van der Waals surface area contributed by atoms with Crippen LogP contribution in [0.1, 0.15) is 52.9 Å². The lowest BCUT2D eigenvalue weighted by atomic mass is 9.66. The largest absolute Gasteiger partial charge is 0.368 e. The molecule has 1 aliphatic carbocycles. The molecule has 0 atom stereocenters. The first-order chi connectivity index (χ1) is 9.36. The minimum atomic E-state index is -0.381. The zero-order valence-electron chi connectivity index (χ0n) is 13.4. The number of rotatable bonds is 2. The fourth-order valence-corrected chi connectivity index (χ4v) is 3.95. The molecular weight excluding hydrogens is 250 g/mol. The van der Waals surface area contributed by atoms with Gasteiger partial charge in [-0.3, -0.25) is 9.69 Å². The Morgan fingerprint density at radius 3 is 2.40 bits per heavy atom. The molecule has 1 amide bonds. The Bertz CT molecular complexity index is 332. The summed E-state index contributed by atoms with van der Waals surface area (Å²) in [7, 11) is 0. The molecule has 1 aliphatic heterocycles. The van der Waals surface area contributed by atoms with Crippen LogP contribution in [0.3, 0.4) is 0 Å². The first-order valence-electron chi connectivity index (χ1n) is 8.12. The van der Waals surface area contributed by atoms with E-state index >= 15 is 0 Å². The van der Waals surface area contributed by atoms with Crippen LogP contribution < -0.4 is 11.1 Å². The smallest absolute Gasteiger partial charge is 0.237 e. The normalized spacial score (nSPS) is 33.6. The van der Waals surface area contributed by atoms with Crippen LogP contribution in [0.15, 0.2) is 0 Å². The number of carbonyl (C=O) groups is 1. The van der Waals surface area contributed by atoms with Gasteiger partial charge in [-0.05, 0) is 50.0 Å². The Balaban J connectivity index is 2.10. The second kappa shape index (κ2) is 6.02. The van der Waals surface area contributed by atoms with Gasteiger partial charge in [0.25, 0.3) is 0 Å². The fourth-order valence-electron chi connectivity index (χ4n) is 3.95. The monoisotopic (exact) mass is 281 g/mol. The summed E-state index contributed by atoms with van der Waals surface area (Å²) in [6.45, 7) is 10.9. The van der Waals surface area contributed by atoms with E-state index in [0.717, 1.165) is 58.3 Å². The SMILES string of the molecule is CC(C)(C)C1CCC(C(N)=O)(N2CCCNCC2)CC1. The molecule has 2 aliphatic rings. The zero-order chi connectivity index (χ0) is 14.8. The lowest BCUT2D eigenvalue weighted by Crippen LogP contribution is -2.60. The van der Waals surface area contributed by atoms with E-state index in [1.807, 2.05) is 0 Å². The van der Waals surface area contributed by atoms with Crippen molar-refractivity contribution in [1.82, 2.24) is 10.2 Å². The van der Waals surface area contributed by atoms with E-state index in [0.29, 0.717) is 11.3 Å². The maximum absolute atomic E-state index is 12.2. The number of nitrogens with two attached hydrogens (primary N) is 1. The van der Waals surface area contributed by atoms with Gasteiger partial charge in [0.1, 0.15) is 5.54 Å². The van der Waals surface area contributed by atoms with Crippen LogP contribution in [-0.4, -0.2) is 42.5 Å². The molecule has 1 saturated heterocycles. The van der Waals surface area contributed by atoms with Crippen molar-refractivity contribution < 1.29 is 4.79 Å². The van der Waals surface area contributed by atoms with E-state index in [4.69, 9.17) is 5.73 Å². The Hall–Kier alpha value is -0.610. The summed E-state index contributed by atoms with van der Waals surface area (Å²) in [5, 5.41) is 3.41. The van der Waals surface area contributed by atoms with Crippen molar-refractivity contribution >= 4 is 5.91 Å². The maximum Gasteiger partial charge on any atom is 0.237 e. The average Bonchev–Trinajstić information content (AvgIpc) is 2.66. The van der Waals surface area contributed by atoms with Crippen LogP contribution in [-0.2, 0) is 4.79 Å². The van der Waals surface area contributed by atoms with E-state index in [-0.39, 0.29) is 11.4 Å². The van der Waals surface area contributed by atoms with Crippen molar-refractivity contribution in [3.8, 4) is 0 Å². The van der Waals surface area contributed by atoms with Gasteiger partial charge in [-0.25, -0.2) is 0 Å². The van der Waals surface area contributed by atoms with Crippen molar-refractivity contribution in [2.75, 3.05) is 26.2 Å². The lowest BCUT2D eigenvalue weighted by Gasteiger charge is -2.47. The number of carbonyl (C=O) groups excluding carboxylic acids is 1. The van der Waals surface area contributed by atoms with Gasteiger partial charge in [-0.15, -0.1) is 0 Å². The van der Waals surface area contributed by atoms with Crippen LogP contribution in [0.2, 0.25) is 0 Å². The Kier molecular flexibility index (Phi) is 4.75. The number of hydrogen-bond donors (Lipinski definition) is 2. The summed E-state index contributed by atoms with van der Waals surface area (Å²) in [4.78, 5) is 14.6. The molecule has 116 valence electrons. The zero-order valence-corrected chi connectivity index (χ0v) is 13.4. The summed E-state index contributed by atoms with van der Waals surface area (Å²) < 4.78 is 0. The Labute approximate surface area is 123 Å². The van der Waals surface area contributed by atoms with Crippen LogP contribution in [0.25, 0.3) is 0 Å². The molecular formula is C16H31N3O. The number of amides is 1. The molecule has 20 heavy (non-hydrogen) atoms. The second-order valence-electron chi connectivity index (χ2n) is 7.63. The standard InChI is InChI=1S/C16H31N3O/c1-15(2,3)13-5-7-16(8-6-13,14(17)20)19-11-4-9-18-10-12-19/h13,18H,4-12H2,1-3H3,(H2,17,20). The van der Waals surface area contributed by atoms with E-state index in [1.165, 1.54) is 0 Å². The topological polar surface area (TPSA) is 58.4 Å². The molecule has 0 bridgehead atoms. The van der Waals surface area contributed by atoms with E-state index in [2.05, 4.69) is 31.0 Å². The van der Waals surface area contributed by atoms with Crippen molar-refractivity contribution in [1.29, 1.82) is 0 Å². The molecule has 0 aromatic carbocycles. The molecule has 2 rings (SSSR count). The van der Waals surface area contributed by atoms with Crippen LogP contribution in [0.5, 0.6) is 0 Å². The lowest BCUT2D eigenvalue weighted by molar-refractivity contribution is -0.134. The van der Waals surface area contributed by atoms with Crippen LogP contribution in [0.4, 0.5) is 0 Å². The van der Waals surface area contributed by atoms with Gasteiger partial charge >= 0.3 is 0 Å². The maximum atomic E-state index is 12.2. The Morgan fingerprint density at radius 2 is 1.85 bits per heavy atom. The summed E-state index contributed by atoms with van der Waals surface area (Å²) in [5.74, 6) is 0.604. The summed E-state index contributed by atoms with van der Waals surface area (Å²) in [6, 6.07) is 0. The molecule has 0 spiro atoms. The average molecular weight is 281 g/mol. The molecule has 0 aromatic heterocycles. The van der Waals surface area contributed by atoms with Gasteiger partial charge in [0, 0.05) is 19.6 Å². The molecule has 3 N–H and O–H groups in total. The van der Waals surface area contributed by atoms with Crippen molar-refractivity contribution in [3.05, 3.63) is 0 Å². The van der Waals surface area contributed by atoms with Gasteiger partial charge in [0.2, 0.25) is 5.91 Å². The minimum Gasteiger partial charge on any atom is -0.368 e. The van der Waals surface area contributed by atoms with E-state index < -0.39 is 0 Å². The van der Waals surface area contributed by atoms with Gasteiger partial charge in [-0.1, -0.05) is 20.8 Å². The molecule has 4 nitrogen and oxygen atoms in total. The van der Waals surface area contributed by atoms with Crippen molar-refractivity contribution in [2.45, 2.75) is 58.4 Å². The fraction of sp³-hybridized carbons (Fsp3) is 0.938. The predicted molar refractivity (Wildman–Crippen MR) is 82.4 cm³/mol. The molecule has 4 heteroatoms. The highest BCUT2D eigenvalue weighted by molar-refractivity contribution is 5.84. The Morgan fingerprint density at radius 1 is 1.20 bits per heavy atom. The quantitative estimate of drug-likeness (QED) is 0.810.